The van der Waals surface area contributed by atoms with Gasteiger partial charge in [0.15, 0.2) is 0 Å². The normalized spacial score (nSPS) is 11.6. The smallest absolute Gasteiger partial charge is 0.368 e. The standard InChI is InChI=1S/C17H11ClF4N4/c1-8-6-10(7-12(24-8)17(20,21)22)13-14(25-16(23)26-15(13)18)9-2-4-11(19)5-3-9/h2-7H,1H3,(H2,23,25,26). The van der Waals surface area contributed by atoms with Gasteiger partial charge in [0.1, 0.15) is 16.7 Å². The number of rotatable bonds is 2. The number of pyridine rings is 1. The van der Waals surface area contributed by atoms with Crippen LogP contribution >= 0.6 is 11.6 Å². The highest BCUT2D eigenvalue weighted by Gasteiger charge is 2.33. The SMILES string of the molecule is Cc1cc(-c2c(Cl)nc(N)nc2-c2ccc(F)cc2)cc(C(F)(F)F)n1. The molecule has 3 rings (SSSR count). The first-order valence-corrected chi connectivity index (χ1v) is 7.68. The number of nitrogens with zero attached hydrogens (tertiary/aromatic N) is 3. The van der Waals surface area contributed by atoms with E-state index in [1.54, 1.807) is 0 Å². The second-order valence-corrected chi connectivity index (χ2v) is 5.84. The van der Waals surface area contributed by atoms with Crippen LogP contribution in [0.1, 0.15) is 11.4 Å². The Bertz CT molecular complexity index is 972. The fourth-order valence-electron chi connectivity index (χ4n) is 2.48. The molecule has 0 fully saturated rings. The van der Waals surface area contributed by atoms with Gasteiger partial charge >= 0.3 is 6.18 Å². The Morgan fingerprint density at radius 1 is 0.962 bits per heavy atom. The molecule has 0 aliphatic carbocycles. The lowest BCUT2D eigenvalue weighted by Crippen LogP contribution is -2.09. The predicted octanol–water partition coefficient (Wildman–Crippen LogP) is 4.91. The van der Waals surface area contributed by atoms with Crippen LogP contribution in [0.25, 0.3) is 22.4 Å². The summed E-state index contributed by atoms with van der Waals surface area (Å²) in [4.78, 5) is 11.4. The van der Waals surface area contributed by atoms with Gasteiger partial charge in [0.25, 0.3) is 0 Å². The van der Waals surface area contributed by atoms with Crippen LogP contribution in [-0.2, 0) is 6.18 Å². The highest BCUT2D eigenvalue weighted by molar-refractivity contribution is 6.32. The summed E-state index contributed by atoms with van der Waals surface area (Å²) in [5.41, 5.74) is 5.63. The maximum Gasteiger partial charge on any atom is 0.433 e. The molecule has 0 saturated carbocycles. The van der Waals surface area contributed by atoms with Gasteiger partial charge in [-0.15, -0.1) is 0 Å². The van der Waals surface area contributed by atoms with Crippen LogP contribution in [0.2, 0.25) is 5.15 Å². The fraction of sp³-hybridized carbons (Fsp3) is 0.118. The summed E-state index contributed by atoms with van der Waals surface area (Å²) in [6.45, 7) is 1.43. The van der Waals surface area contributed by atoms with E-state index in [4.69, 9.17) is 17.3 Å². The molecule has 0 amide bonds. The Morgan fingerprint density at radius 3 is 2.23 bits per heavy atom. The number of benzene rings is 1. The van der Waals surface area contributed by atoms with Gasteiger partial charge < -0.3 is 5.73 Å². The molecule has 134 valence electrons. The van der Waals surface area contributed by atoms with Crippen LogP contribution in [0.4, 0.5) is 23.5 Å². The number of aryl methyl sites for hydroxylation is 1. The summed E-state index contributed by atoms with van der Waals surface area (Å²) in [6, 6.07) is 7.55. The zero-order valence-corrected chi connectivity index (χ0v) is 14.0. The van der Waals surface area contributed by atoms with Crippen molar-refractivity contribution in [1.29, 1.82) is 0 Å². The first kappa shape index (κ1) is 18.1. The molecule has 2 N–H and O–H groups in total. The van der Waals surface area contributed by atoms with Gasteiger partial charge in [-0.1, -0.05) is 11.6 Å². The Morgan fingerprint density at radius 2 is 1.62 bits per heavy atom. The Kier molecular flexibility index (Phi) is 4.53. The van der Waals surface area contributed by atoms with Gasteiger partial charge in [-0.2, -0.15) is 13.2 Å². The van der Waals surface area contributed by atoms with Crippen molar-refractivity contribution >= 4 is 17.5 Å². The summed E-state index contributed by atoms with van der Waals surface area (Å²) in [5.74, 6) is -0.623. The van der Waals surface area contributed by atoms with E-state index in [1.165, 1.54) is 37.3 Å². The summed E-state index contributed by atoms with van der Waals surface area (Å²) in [7, 11) is 0. The number of halogens is 5. The number of nitrogen functional groups attached to an aromatic ring is 1. The molecule has 0 saturated heterocycles. The number of nitrogens with two attached hydrogens (primary N) is 1. The molecule has 0 unspecified atom stereocenters. The summed E-state index contributed by atoms with van der Waals surface area (Å²) in [5, 5.41) is -0.115. The molecule has 26 heavy (non-hydrogen) atoms. The van der Waals surface area contributed by atoms with Gasteiger partial charge in [-0.3, -0.25) is 0 Å². The van der Waals surface area contributed by atoms with Crippen LogP contribution < -0.4 is 5.73 Å². The monoisotopic (exact) mass is 382 g/mol. The maximum atomic E-state index is 13.2. The topological polar surface area (TPSA) is 64.7 Å². The van der Waals surface area contributed by atoms with E-state index in [0.717, 1.165) is 6.07 Å². The zero-order valence-electron chi connectivity index (χ0n) is 13.3. The molecule has 1 aromatic carbocycles. The van der Waals surface area contributed by atoms with Crippen LogP contribution in [0, 0.1) is 12.7 Å². The average Bonchev–Trinajstić information content (AvgIpc) is 2.53. The third kappa shape index (κ3) is 3.60. The molecule has 9 heteroatoms. The third-order valence-corrected chi connectivity index (χ3v) is 3.81. The third-order valence-electron chi connectivity index (χ3n) is 3.53. The molecule has 0 spiro atoms. The van der Waals surface area contributed by atoms with Crippen molar-refractivity contribution in [1.82, 2.24) is 15.0 Å². The molecule has 2 heterocycles. The van der Waals surface area contributed by atoms with Gasteiger partial charge in [-0.25, -0.2) is 19.3 Å². The molecule has 0 aliphatic heterocycles. The molecule has 4 nitrogen and oxygen atoms in total. The van der Waals surface area contributed by atoms with Crippen molar-refractivity contribution in [3.8, 4) is 22.4 Å². The largest absolute Gasteiger partial charge is 0.433 e. The summed E-state index contributed by atoms with van der Waals surface area (Å²) in [6.07, 6.45) is -4.63. The lowest BCUT2D eigenvalue weighted by atomic mass is 10.00. The number of hydrogen-bond acceptors (Lipinski definition) is 4. The Balaban J connectivity index is 2.29. The van der Waals surface area contributed by atoms with Crippen molar-refractivity contribution in [2.24, 2.45) is 0 Å². The molecule has 0 atom stereocenters. The van der Waals surface area contributed by atoms with Gasteiger partial charge in [0.2, 0.25) is 5.95 Å². The van der Waals surface area contributed by atoms with E-state index in [-0.39, 0.29) is 33.6 Å². The molecule has 3 aromatic rings. The summed E-state index contributed by atoms with van der Waals surface area (Å²) >= 11 is 6.16. The maximum absolute atomic E-state index is 13.2. The molecule has 0 bridgehead atoms. The minimum absolute atomic E-state index is 0.115. The minimum Gasteiger partial charge on any atom is -0.368 e. The van der Waals surface area contributed by atoms with E-state index in [0.29, 0.717) is 5.56 Å². The van der Waals surface area contributed by atoms with Gasteiger partial charge in [0.05, 0.1) is 5.69 Å². The van der Waals surface area contributed by atoms with E-state index >= 15 is 0 Å². The van der Waals surface area contributed by atoms with E-state index in [9.17, 15) is 17.6 Å². The second kappa shape index (κ2) is 6.53. The molecule has 0 radical (unpaired) electrons. The lowest BCUT2D eigenvalue weighted by molar-refractivity contribution is -0.141. The Hall–Kier alpha value is -2.74. The van der Waals surface area contributed by atoms with Gasteiger partial charge in [0, 0.05) is 16.8 Å². The van der Waals surface area contributed by atoms with Crippen LogP contribution in [0.5, 0.6) is 0 Å². The Labute approximate surface area is 150 Å². The van der Waals surface area contributed by atoms with Crippen LogP contribution in [0.3, 0.4) is 0 Å². The average molecular weight is 383 g/mol. The van der Waals surface area contributed by atoms with Crippen molar-refractivity contribution in [3.63, 3.8) is 0 Å². The van der Waals surface area contributed by atoms with Gasteiger partial charge in [-0.05, 0) is 48.9 Å². The lowest BCUT2D eigenvalue weighted by Gasteiger charge is -2.14. The first-order chi connectivity index (χ1) is 12.1. The van der Waals surface area contributed by atoms with Crippen molar-refractivity contribution in [2.45, 2.75) is 13.1 Å². The number of alkyl halides is 3. The van der Waals surface area contributed by atoms with Crippen molar-refractivity contribution < 1.29 is 17.6 Å². The minimum atomic E-state index is -4.63. The zero-order chi connectivity index (χ0) is 19.1. The highest BCUT2D eigenvalue weighted by atomic mass is 35.5. The number of aromatic nitrogens is 3. The summed E-state index contributed by atoms with van der Waals surface area (Å²) < 4.78 is 52.5. The van der Waals surface area contributed by atoms with Crippen molar-refractivity contribution in [2.75, 3.05) is 5.73 Å². The molecule has 2 aromatic heterocycles. The quantitative estimate of drug-likeness (QED) is 0.505. The van der Waals surface area contributed by atoms with Crippen LogP contribution in [0.15, 0.2) is 36.4 Å². The first-order valence-electron chi connectivity index (χ1n) is 7.30. The number of anilines is 1. The predicted molar refractivity (Wildman–Crippen MR) is 89.8 cm³/mol. The highest BCUT2D eigenvalue weighted by Crippen LogP contribution is 2.38. The van der Waals surface area contributed by atoms with Crippen molar-refractivity contribution in [3.05, 3.63) is 58.8 Å². The fourth-order valence-corrected chi connectivity index (χ4v) is 2.77. The molecular formula is C17H11ClF4N4. The van der Waals surface area contributed by atoms with E-state index < -0.39 is 17.7 Å². The van der Waals surface area contributed by atoms with Crippen LogP contribution in [-0.4, -0.2) is 15.0 Å². The second-order valence-electron chi connectivity index (χ2n) is 5.48. The number of hydrogen-bond donors (Lipinski definition) is 1. The molecular weight excluding hydrogens is 372 g/mol. The van der Waals surface area contributed by atoms with E-state index in [1.807, 2.05) is 0 Å². The molecule has 0 aliphatic rings. The van der Waals surface area contributed by atoms with E-state index in [2.05, 4.69) is 15.0 Å².